The quantitative estimate of drug-likeness (QED) is 0.742. The van der Waals surface area contributed by atoms with Crippen LogP contribution in [-0.2, 0) is 27.8 Å². The summed E-state index contributed by atoms with van der Waals surface area (Å²) in [6, 6.07) is 15.7. The summed E-state index contributed by atoms with van der Waals surface area (Å²) in [5, 5.41) is 10.6. The van der Waals surface area contributed by atoms with Crippen molar-refractivity contribution in [2.75, 3.05) is 19.6 Å². The molecule has 5 rings (SSSR count). The van der Waals surface area contributed by atoms with Crippen LogP contribution in [0.15, 0.2) is 48.5 Å². The highest BCUT2D eigenvalue weighted by Crippen LogP contribution is 2.57. The Hall–Kier alpha value is -2.82. The van der Waals surface area contributed by atoms with Crippen LogP contribution in [0.3, 0.4) is 0 Å². The second-order valence-electron chi connectivity index (χ2n) is 11.2. The Bertz CT molecular complexity index is 1100. The number of phenolic OH excluding ortho intramolecular Hbond substituents is 1. The van der Waals surface area contributed by atoms with Crippen molar-refractivity contribution < 1.29 is 14.7 Å². The predicted molar refractivity (Wildman–Crippen MR) is 133 cm³/mol. The van der Waals surface area contributed by atoms with Crippen molar-refractivity contribution >= 4 is 11.8 Å². The summed E-state index contributed by atoms with van der Waals surface area (Å²) in [4.78, 5) is 30.9. The van der Waals surface area contributed by atoms with Gasteiger partial charge in [0.25, 0.3) is 0 Å². The number of amides is 2. The minimum absolute atomic E-state index is 0.0370. The van der Waals surface area contributed by atoms with Gasteiger partial charge in [0.05, 0.1) is 12.3 Å². The number of nitrogens with zero attached hydrogens (tertiary/aromatic N) is 2. The van der Waals surface area contributed by atoms with E-state index < -0.39 is 0 Å². The lowest BCUT2D eigenvalue weighted by Crippen LogP contribution is -2.66. The van der Waals surface area contributed by atoms with Crippen LogP contribution in [-0.4, -0.2) is 52.4 Å². The molecule has 2 fully saturated rings. The van der Waals surface area contributed by atoms with Crippen molar-refractivity contribution in [2.24, 2.45) is 11.3 Å². The molecule has 34 heavy (non-hydrogen) atoms. The second-order valence-corrected chi connectivity index (χ2v) is 11.2. The van der Waals surface area contributed by atoms with Crippen LogP contribution in [0.4, 0.5) is 0 Å². The zero-order valence-electron chi connectivity index (χ0n) is 20.6. The van der Waals surface area contributed by atoms with E-state index in [0.717, 1.165) is 43.5 Å². The average molecular weight is 461 g/mol. The Morgan fingerprint density at radius 2 is 1.79 bits per heavy atom. The fraction of sp³-hybridized carbons (Fsp3) is 0.517. The highest BCUT2D eigenvalue weighted by atomic mass is 16.3. The molecule has 0 aromatic heterocycles. The third-order valence-electron chi connectivity index (χ3n) is 9.23. The lowest BCUT2D eigenvalue weighted by molar-refractivity contribution is -0.151. The normalized spacial score (nSPS) is 27.7. The number of hydrogen-bond acceptors (Lipinski definition) is 3. The maximum Gasteiger partial charge on any atom is 0.227 e. The third-order valence-corrected chi connectivity index (χ3v) is 9.23. The smallest absolute Gasteiger partial charge is 0.227 e. The molecule has 3 atom stereocenters. The number of carbonyl (C=O) groups excluding carboxylic acids is 2. The maximum absolute atomic E-state index is 13.9. The zero-order chi connectivity index (χ0) is 24.1. The van der Waals surface area contributed by atoms with Crippen LogP contribution in [0.1, 0.15) is 56.7 Å². The van der Waals surface area contributed by atoms with E-state index in [0.29, 0.717) is 25.1 Å². The van der Waals surface area contributed by atoms with Gasteiger partial charge in [-0.25, -0.2) is 0 Å². The molecule has 1 aliphatic carbocycles. The molecule has 180 valence electrons. The van der Waals surface area contributed by atoms with E-state index in [-0.39, 0.29) is 34.6 Å². The number of phenols is 1. The average Bonchev–Trinajstić information content (AvgIpc) is 2.82. The molecule has 0 saturated carbocycles. The van der Waals surface area contributed by atoms with Gasteiger partial charge in [0.2, 0.25) is 11.8 Å². The number of aromatic hydroxyl groups is 1. The molecule has 1 unspecified atom stereocenters. The fourth-order valence-electron chi connectivity index (χ4n) is 6.71. The lowest BCUT2D eigenvalue weighted by atomic mass is 9.51. The van der Waals surface area contributed by atoms with Gasteiger partial charge < -0.3 is 14.9 Å². The first kappa shape index (κ1) is 22.9. The van der Waals surface area contributed by atoms with Crippen molar-refractivity contribution in [1.82, 2.24) is 9.80 Å². The minimum Gasteiger partial charge on any atom is -0.508 e. The predicted octanol–water partition coefficient (Wildman–Crippen LogP) is 4.31. The first-order chi connectivity index (χ1) is 16.2. The van der Waals surface area contributed by atoms with Crippen molar-refractivity contribution in [3.63, 3.8) is 0 Å². The summed E-state index contributed by atoms with van der Waals surface area (Å²) in [6.07, 6.45) is 3.63. The van der Waals surface area contributed by atoms with E-state index in [4.69, 9.17) is 0 Å². The summed E-state index contributed by atoms with van der Waals surface area (Å²) in [5.41, 5.74) is 3.04. The van der Waals surface area contributed by atoms with Crippen molar-refractivity contribution in [3.8, 4) is 5.75 Å². The van der Waals surface area contributed by atoms with Crippen molar-refractivity contribution in [1.29, 1.82) is 0 Å². The summed E-state index contributed by atoms with van der Waals surface area (Å²) in [6.45, 7) is 8.81. The van der Waals surface area contributed by atoms with Gasteiger partial charge in [-0.15, -0.1) is 0 Å². The van der Waals surface area contributed by atoms with E-state index in [1.165, 1.54) is 5.56 Å². The second kappa shape index (κ2) is 8.44. The topological polar surface area (TPSA) is 60.9 Å². The molecule has 2 aliphatic heterocycles. The van der Waals surface area contributed by atoms with Gasteiger partial charge in [-0.2, -0.15) is 0 Å². The van der Waals surface area contributed by atoms with Gasteiger partial charge >= 0.3 is 0 Å². The number of rotatable bonds is 3. The van der Waals surface area contributed by atoms with Gasteiger partial charge in [-0.3, -0.25) is 9.59 Å². The number of likely N-dealkylation sites (tertiary alicyclic amines) is 2. The van der Waals surface area contributed by atoms with Crippen LogP contribution < -0.4 is 0 Å². The number of piperidine rings is 2. The standard InChI is InChI=1S/C29H36N2O3/c1-28(2)25-18-22-23(12-7-13-24(22)32)29(28,3)14-16-31(25)27(34)21-11-8-15-30(19-21)26(33)17-20-9-5-4-6-10-20/h4-7,9-10,12-13,21,25,32H,8,11,14-19H2,1-3H3/t21?,25-,29-/m0/s1. The number of carbonyl (C=O) groups is 2. The highest BCUT2D eigenvalue weighted by Gasteiger charge is 2.57. The molecule has 2 aromatic carbocycles. The van der Waals surface area contributed by atoms with Crippen LogP contribution in [0.2, 0.25) is 0 Å². The summed E-state index contributed by atoms with van der Waals surface area (Å²) in [7, 11) is 0. The van der Waals surface area contributed by atoms with Gasteiger partial charge in [-0.1, -0.05) is 63.2 Å². The molecule has 0 spiro atoms. The van der Waals surface area contributed by atoms with Crippen LogP contribution in [0.5, 0.6) is 5.75 Å². The van der Waals surface area contributed by atoms with Gasteiger partial charge in [0.1, 0.15) is 5.75 Å². The minimum atomic E-state index is -0.153. The summed E-state index contributed by atoms with van der Waals surface area (Å²) < 4.78 is 0. The van der Waals surface area contributed by atoms with E-state index >= 15 is 0 Å². The summed E-state index contributed by atoms with van der Waals surface area (Å²) >= 11 is 0. The SMILES string of the molecule is CC1(C)[C@@H]2Cc3c(O)cccc3[C@]1(C)CCN2C(=O)C1CCCN(C(=O)Cc2ccccc2)C1. The Morgan fingerprint density at radius 3 is 2.56 bits per heavy atom. The monoisotopic (exact) mass is 460 g/mol. The molecule has 2 aromatic rings. The first-order valence-electron chi connectivity index (χ1n) is 12.7. The Labute approximate surface area is 202 Å². The molecular weight excluding hydrogens is 424 g/mol. The van der Waals surface area contributed by atoms with Gasteiger partial charge in [0.15, 0.2) is 0 Å². The molecule has 1 N–H and O–H groups in total. The molecule has 2 heterocycles. The molecule has 5 nitrogen and oxygen atoms in total. The molecular formula is C29H36N2O3. The fourth-order valence-corrected chi connectivity index (χ4v) is 6.71. The van der Waals surface area contributed by atoms with Crippen LogP contribution in [0, 0.1) is 11.3 Å². The molecule has 2 amide bonds. The van der Waals surface area contributed by atoms with E-state index in [1.54, 1.807) is 6.07 Å². The summed E-state index contributed by atoms with van der Waals surface area (Å²) in [5.74, 6) is 0.469. The van der Waals surface area contributed by atoms with Gasteiger partial charge in [-0.05, 0) is 53.9 Å². The van der Waals surface area contributed by atoms with Gasteiger partial charge in [0, 0.05) is 31.1 Å². The molecule has 3 aliphatic rings. The Morgan fingerprint density at radius 1 is 1.03 bits per heavy atom. The third kappa shape index (κ3) is 3.60. The Balaban J connectivity index is 1.35. The van der Waals surface area contributed by atoms with E-state index in [9.17, 15) is 14.7 Å². The molecule has 2 bridgehead atoms. The molecule has 2 saturated heterocycles. The van der Waals surface area contributed by atoms with E-state index in [1.807, 2.05) is 41.3 Å². The zero-order valence-corrected chi connectivity index (χ0v) is 20.6. The number of benzene rings is 2. The molecule has 0 radical (unpaired) electrons. The van der Waals surface area contributed by atoms with E-state index in [2.05, 4.69) is 31.7 Å². The van der Waals surface area contributed by atoms with Crippen LogP contribution >= 0.6 is 0 Å². The molecule has 5 heteroatoms. The van der Waals surface area contributed by atoms with Crippen molar-refractivity contribution in [3.05, 3.63) is 65.2 Å². The lowest BCUT2D eigenvalue weighted by Gasteiger charge is -2.61. The number of fused-ring (bicyclic) bond motifs is 4. The number of hydrogen-bond donors (Lipinski definition) is 1. The highest BCUT2D eigenvalue weighted by molar-refractivity contribution is 5.83. The van der Waals surface area contributed by atoms with Crippen molar-refractivity contribution in [2.45, 2.75) is 64.3 Å². The maximum atomic E-state index is 13.9. The Kier molecular flexibility index (Phi) is 5.70. The largest absolute Gasteiger partial charge is 0.508 e. The first-order valence-corrected chi connectivity index (χ1v) is 12.7. The van der Waals surface area contributed by atoms with Crippen LogP contribution in [0.25, 0.3) is 0 Å².